The zero-order valence-corrected chi connectivity index (χ0v) is 27.3. The molecule has 1 aliphatic heterocycles. The van der Waals surface area contributed by atoms with E-state index in [9.17, 15) is 0 Å². The molecule has 1 unspecified atom stereocenters. The van der Waals surface area contributed by atoms with Gasteiger partial charge in [0.25, 0.3) is 0 Å². The highest BCUT2D eigenvalue weighted by atomic mass is 16.1. The average Bonchev–Trinajstić information content (AvgIpc) is 3.71. The van der Waals surface area contributed by atoms with Crippen molar-refractivity contribution >= 4 is 38.5 Å². The van der Waals surface area contributed by atoms with E-state index in [0.717, 1.165) is 61.4 Å². The van der Waals surface area contributed by atoms with E-state index in [0.29, 0.717) is 6.42 Å². The SMILES string of the molecule is O=C1c2c(-c3ccccc3)c3ccccc3n2-c2ccc(-c3ccc4c(c3)c3ccccc3n4-c3ccccc3)cc2C1Cc1ccccc1. The van der Waals surface area contributed by atoms with Gasteiger partial charge in [-0.1, -0.05) is 127 Å². The van der Waals surface area contributed by atoms with E-state index in [1.165, 1.54) is 21.8 Å². The highest BCUT2D eigenvalue weighted by Gasteiger charge is 2.37. The van der Waals surface area contributed by atoms with Crippen molar-refractivity contribution in [2.45, 2.75) is 12.3 Å². The van der Waals surface area contributed by atoms with Crippen LogP contribution in [0.2, 0.25) is 0 Å². The van der Waals surface area contributed by atoms with Crippen molar-refractivity contribution in [1.29, 1.82) is 0 Å². The third-order valence-electron chi connectivity index (χ3n) is 10.4. The molecule has 7 aromatic carbocycles. The summed E-state index contributed by atoms with van der Waals surface area (Å²) in [5.41, 5.74) is 12.9. The molecule has 9 aromatic rings. The average molecular weight is 641 g/mol. The van der Waals surface area contributed by atoms with Crippen LogP contribution in [0.3, 0.4) is 0 Å². The first kappa shape index (κ1) is 28.6. The molecule has 50 heavy (non-hydrogen) atoms. The molecule has 0 N–H and O–H groups in total. The first-order valence-electron chi connectivity index (χ1n) is 17.2. The summed E-state index contributed by atoms with van der Waals surface area (Å²) in [6.45, 7) is 0. The predicted octanol–water partition coefficient (Wildman–Crippen LogP) is 11.6. The van der Waals surface area contributed by atoms with E-state index in [1.807, 2.05) is 12.1 Å². The van der Waals surface area contributed by atoms with Crippen molar-refractivity contribution in [2.75, 3.05) is 0 Å². The molecule has 1 aliphatic rings. The molecular formula is C47H32N2O. The Bertz CT molecular complexity index is 2740. The van der Waals surface area contributed by atoms with Crippen LogP contribution in [0, 0.1) is 0 Å². The number of benzene rings is 7. The number of hydrogen-bond donors (Lipinski definition) is 0. The van der Waals surface area contributed by atoms with E-state index >= 15 is 4.79 Å². The molecule has 3 heteroatoms. The summed E-state index contributed by atoms with van der Waals surface area (Å²) in [4.78, 5) is 15.0. The van der Waals surface area contributed by atoms with Crippen LogP contribution in [-0.2, 0) is 6.42 Å². The highest BCUT2D eigenvalue weighted by molar-refractivity contribution is 6.16. The van der Waals surface area contributed by atoms with Gasteiger partial charge in [-0.3, -0.25) is 4.79 Å². The van der Waals surface area contributed by atoms with E-state index < -0.39 is 0 Å². The number of carbonyl (C=O) groups excluding carboxylic acids is 1. The minimum atomic E-state index is -0.324. The van der Waals surface area contributed by atoms with Crippen LogP contribution in [0.15, 0.2) is 176 Å². The molecule has 0 radical (unpaired) electrons. The van der Waals surface area contributed by atoms with Crippen molar-refractivity contribution in [3.8, 4) is 33.6 Å². The first-order chi connectivity index (χ1) is 24.7. The number of rotatable bonds is 5. The maximum atomic E-state index is 15.0. The summed E-state index contributed by atoms with van der Waals surface area (Å²) >= 11 is 0. The second kappa shape index (κ2) is 11.3. The van der Waals surface area contributed by atoms with Crippen LogP contribution in [0.1, 0.15) is 27.5 Å². The molecule has 0 saturated heterocycles. The number of para-hydroxylation sites is 3. The fourth-order valence-electron chi connectivity index (χ4n) is 8.20. The van der Waals surface area contributed by atoms with Gasteiger partial charge in [-0.05, 0) is 82.8 Å². The predicted molar refractivity (Wildman–Crippen MR) is 206 cm³/mol. The monoisotopic (exact) mass is 640 g/mol. The molecule has 0 saturated carbocycles. The van der Waals surface area contributed by atoms with E-state index in [4.69, 9.17) is 0 Å². The molecule has 3 heterocycles. The minimum Gasteiger partial charge on any atom is -0.309 e. The van der Waals surface area contributed by atoms with Crippen LogP contribution >= 0.6 is 0 Å². The molecule has 0 amide bonds. The van der Waals surface area contributed by atoms with Crippen LogP contribution in [-0.4, -0.2) is 14.9 Å². The van der Waals surface area contributed by atoms with Crippen molar-refractivity contribution in [3.63, 3.8) is 0 Å². The summed E-state index contributed by atoms with van der Waals surface area (Å²) in [6, 6.07) is 62.0. The Labute approximate surface area is 290 Å². The smallest absolute Gasteiger partial charge is 0.188 e. The number of Topliss-reactive ketones (excluding diaryl/α,β-unsaturated/α-hetero) is 1. The Hall–Kier alpha value is -6.45. The number of aromatic nitrogens is 2. The molecule has 236 valence electrons. The Kier molecular flexibility index (Phi) is 6.47. The summed E-state index contributed by atoms with van der Waals surface area (Å²) in [7, 11) is 0. The summed E-state index contributed by atoms with van der Waals surface area (Å²) in [5, 5.41) is 3.53. The number of nitrogens with zero attached hydrogens (tertiary/aromatic N) is 2. The zero-order valence-electron chi connectivity index (χ0n) is 27.3. The van der Waals surface area contributed by atoms with Gasteiger partial charge in [-0.15, -0.1) is 0 Å². The molecule has 3 nitrogen and oxygen atoms in total. The first-order valence-corrected chi connectivity index (χ1v) is 17.2. The topological polar surface area (TPSA) is 26.9 Å². The van der Waals surface area contributed by atoms with Gasteiger partial charge < -0.3 is 9.13 Å². The summed E-state index contributed by atoms with van der Waals surface area (Å²) < 4.78 is 4.57. The molecular weight excluding hydrogens is 609 g/mol. The van der Waals surface area contributed by atoms with Gasteiger partial charge in [-0.2, -0.15) is 0 Å². The normalized spacial score (nSPS) is 13.9. The molecule has 2 aromatic heterocycles. The summed E-state index contributed by atoms with van der Waals surface area (Å²) in [5.74, 6) is -0.162. The number of hydrogen-bond acceptors (Lipinski definition) is 1. The zero-order chi connectivity index (χ0) is 33.2. The van der Waals surface area contributed by atoms with E-state index in [2.05, 4.69) is 173 Å². The van der Waals surface area contributed by atoms with Crippen LogP contribution in [0.4, 0.5) is 0 Å². The van der Waals surface area contributed by atoms with Crippen LogP contribution in [0.25, 0.3) is 66.3 Å². The molecule has 0 aliphatic carbocycles. The maximum absolute atomic E-state index is 15.0. The number of carbonyl (C=O) groups is 1. The standard InChI is InChI=1S/C47H32N2O/c50-47-40(28-31-14-4-1-5-15-31)39-30-34(25-27-44(39)49-42-23-13-11-21-37(42)45(46(47)49)32-16-6-2-7-17-32)33-24-26-43-38(29-33)36-20-10-12-22-41(36)48(43)35-18-8-3-9-19-35/h1-27,29-30,40H,28H2. The van der Waals surface area contributed by atoms with Crippen molar-refractivity contribution in [3.05, 3.63) is 193 Å². The van der Waals surface area contributed by atoms with Crippen LogP contribution < -0.4 is 0 Å². The van der Waals surface area contributed by atoms with Gasteiger partial charge in [0.15, 0.2) is 5.78 Å². The Morgan fingerprint density at radius 2 is 1.04 bits per heavy atom. The fraction of sp³-hybridized carbons (Fsp3) is 0.0426. The molecule has 10 rings (SSSR count). The van der Waals surface area contributed by atoms with E-state index in [-0.39, 0.29) is 11.7 Å². The minimum absolute atomic E-state index is 0.162. The lowest BCUT2D eigenvalue weighted by Crippen LogP contribution is -2.26. The summed E-state index contributed by atoms with van der Waals surface area (Å²) in [6.07, 6.45) is 0.634. The van der Waals surface area contributed by atoms with Crippen molar-refractivity contribution in [2.24, 2.45) is 0 Å². The van der Waals surface area contributed by atoms with Gasteiger partial charge in [0.2, 0.25) is 0 Å². The second-order valence-corrected chi connectivity index (χ2v) is 13.2. The molecule has 1 atom stereocenters. The highest BCUT2D eigenvalue weighted by Crippen LogP contribution is 2.46. The van der Waals surface area contributed by atoms with Gasteiger partial charge in [0.1, 0.15) is 0 Å². The fourth-order valence-corrected chi connectivity index (χ4v) is 8.20. The second-order valence-electron chi connectivity index (χ2n) is 13.2. The van der Waals surface area contributed by atoms with Crippen molar-refractivity contribution in [1.82, 2.24) is 9.13 Å². The van der Waals surface area contributed by atoms with Crippen LogP contribution in [0.5, 0.6) is 0 Å². The molecule has 0 bridgehead atoms. The number of ketones is 1. The molecule has 0 fully saturated rings. The lowest BCUT2D eigenvalue weighted by atomic mass is 9.81. The van der Waals surface area contributed by atoms with Gasteiger partial charge >= 0.3 is 0 Å². The third-order valence-corrected chi connectivity index (χ3v) is 10.4. The molecule has 0 spiro atoms. The third kappa shape index (κ3) is 4.33. The van der Waals surface area contributed by atoms with Gasteiger partial charge in [-0.25, -0.2) is 0 Å². The Balaban J connectivity index is 1.20. The van der Waals surface area contributed by atoms with E-state index in [1.54, 1.807) is 0 Å². The number of fused-ring (bicyclic) bond motifs is 8. The van der Waals surface area contributed by atoms with Crippen molar-refractivity contribution < 1.29 is 4.79 Å². The lowest BCUT2D eigenvalue weighted by Gasteiger charge is -2.28. The quantitative estimate of drug-likeness (QED) is 0.184. The maximum Gasteiger partial charge on any atom is 0.188 e. The Morgan fingerprint density at radius 1 is 0.460 bits per heavy atom. The largest absolute Gasteiger partial charge is 0.309 e. The Morgan fingerprint density at radius 3 is 1.80 bits per heavy atom. The van der Waals surface area contributed by atoms with Gasteiger partial charge in [0.05, 0.1) is 33.8 Å². The lowest BCUT2D eigenvalue weighted by molar-refractivity contribution is 0.0948. The van der Waals surface area contributed by atoms with Gasteiger partial charge in [0, 0.05) is 27.4 Å².